The Morgan fingerprint density at radius 2 is 2.04 bits per heavy atom. The molecule has 3 heterocycles. The van der Waals surface area contributed by atoms with E-state index in [1.165, 1.54) is 12.1 Å². The molecule has 1 fully saturated rings. The Morgan fingerprint density at radius 1 is 1.25 bits per heavy atom. The van der Waals surface area contributed by atoms with Gasteiger partial charge in [-0.2, -0.15) is 5.10 Å². The number of aryl methyl sites for hydroxylation is 2. The van der Waals surface area contributed by atoms with Crippen molar-refractivity contribution in [3.63, 3.8) is 0 Å². The molecule has 1 amide bonds. The standard InChI is InChI=1S/C21H23FN4O2/c1-14-10-20-23-19(11-15(2)26(20)24-14)21(27)25-9-3-4-16(12-25)13-28-18-7-5-17(22)6-8-18/h5-8,10-11,16H,3-4,9,12-13H2,1-2H3/t16-/m0/s1. The first-order valence-electron chi connectivity index (χ1n) is 9.51. The third kappa shape index (κ3) is 3.83. The minimum atomic E-state index is -0.282. The van der Waals surface area contributed by atoms with E-state index in [0.717, 1.165) is 30.8 Å². The quantitative estimate of drug-likeness (QED) is 0.694. The summed E-state index contributed by atoms with van der Waals surface area (Å²) in [5.41, 5.74) is 2.89. The second-order valence-electron chi connectivity index (χ2n) is 7.36. The molecule has 1 atom stereocenters. The molecule has 1 aliphatic heterocycles. The van der Waals surface area contributed by atoms with E-state index in [0.29, 0.717) is 30.2 Å². The van der Waals surface area contributed by atoms with E-state index in [1.54, 1.807) is 22.7 Å². The Balaban J connectivity index is 1.43. The highest BCUT2D eigenvalue weighted by atomic mass is 19.1. The van der Waals surface area contributed by atoms with Crippen LogP contribution in [0.3, 0.4) is 0 Å². The van der Waals surface area contributed by atoms with Crippen molar-refractivity contribution >= 4 is 11.6 Å². The topological polar surface area (TPSA) is 59.7 Å². The van der Waals surface area contributed by atoms with Crippen LogP contribution in [0.4, 0.5) is 4.39 Å². The molecule has 3 aromatic rings. The van der Waals surface area contributed by atoms with Crippen LogP contribution in [0, 0.1) is 25.6 Å². The summed E-state index contributed by atoms with van der Waals surface area (Å²) < 4.78 is 20.5. The first-order chi connectivity index (χ1) is 13.5. The Bertz CT molecular complexity index is 1000. The van der Waals surface area contributed by atoms with Crippen LogP contribution in [-0.2, 0) is 0 Å². The summed E-state index contributed by atoms with van der Waals surface area (Å²) in [5.74, 6) is 0.541. The molecule has 1 aromatic carbocycles. The zero-order valence-electron chi connectivity index (χ0n) is 16.1. The maximum Gasteiger partial charge on any atom is 0.272 e. The fourth-order valence-electron chi connectivity index (χ4n) is 3.64. The molecule has 1 saturated heterocycles. The van der Waals surface area contributed by atoms with Crippen LogP contribution in [-0.4, -0.2) is 45.1 Å². The molecule has 0 unspecified atom stereocenters. The Hall–Kier alpha value is -2.96. The van der Waals surface area contributed by atoms with Crippen molar-refractivity contribution in [1.82, 2.24) is 19.5 Å². The fourth-order valence-corrected chi connectivity index (χ4v) is 3.64. The number of fused-ring (bicyclic) bond motifs is 1. The number of nitrogens with zero attached hydrogens (tertiary/aromatic N) is 4. The van der Waals surface area contributed by atoms with Gasteiger partial charge in [-0.1, -0.05) is 0 Å². The van der Waals surface area contributed by atoms with Crippen LogP contribution >= 0.6 is 0 Å². The lowest BCUT2D eigenvalue weighted by Crippen LogP contribution is -2.42. The maximum absolute atomic E-state index is 13.0. The number of amides is 1. The van der Waals surface area contributed by atoms with Gasteiger partial charge >= 0.3 is 0 Å². The molecule has 0 N–H and O–H groups in total. The molecule has 7 heteroatoms. The summed E-state index contributed by atoms with van der Waals surface area (Å²) in [4.78, 5) is 19.4. The molecular formula is C21H23FN4O2. The minimum Gasteiger partial charge on any atom is -0.493 e. The predicted molar refractivity (Wildman–Crippen MR) is 103 cm³/mol. The number of halogens is 1. The van der Waals surface area contributed by atoms with Gasteiger partial charge in [-0.25, -0.2) is 13.9 Å². The molecule has 4 rings (SSSR count). The minimum absolute atomic E-state index is 0.0593. The molecule has 1 aliphatic rings. The van der Waals surface area contributed by atoms with E-state index in [2.05, 4.69) is 10.1 Å². The van der Waals surface area contributed by atoms with Crippen molar-refractivity contribution in [3.05, 3.63) is 59.3 Å². The van der Waals surface area contributed by atoms with Crippen molar-refractivity contribution in [3.8, 4) is 5.75 Å². The van der Waals surface area contributed by atoms with Gasteiger partial charge in [0.25, 0.3) is 5.91 Å². The van der Waals surface area contributed by atoms with Crippen molar-refractivity contribution < 1.29 is 13.9 Å². The fraction of sp³-hybridized carbons (Fsp3) is 0.381. The SMILES string of the molecule is Cc1cc2nc(C(=O)N3CCC[C@H](COc4ccc(F)cc4)C3)cc(C)n2n1. The molecular weight excluding hydrogens is 359 g/mol. The molecule has 2 aromatic heterocycles. The maximum atomic E-state index is 13.0. The number of likely N-dealkylation sites (tertiary alicyclic amines) is 1. The van der Waals surface area contributed by atoms with E-state index in [1.807, 2.05) is 24.8 Å². The van der Waals surface area contributed by atoms with Crippen molar-refractivity contribution in [2.24, 2.45) is 5.92 Å². The summed E-state index contributed by atoms with van der Waals surface area (Å²) in [6, 6.07) is 9.68. The number of ether oxygens (including phenoxy) is 1. The first-order valence-corrected chi connectivity index (χ1v) is 9.51. The highest BCUT2D eigenvalue weighted by molar-refractivity contribution is 5.93. The number of piperidine rings is 1. The molecule has 0 saturated carbocycles. The van der Waals surface area contributed by atoms with Crippen molar-refractivity contribution in [2.75, 3.05) is 19.7 Å². The van der Waals surface area contributed by atoms with Gasteiger partial charge in [-0.05, 0) is 57.0 Å². The Kier molecular flexibility index (Phi) is 4.98. The van der Waals surface area contributed by atoms with Crippen LogP contribution < -0.4 is 4.74 Å². The third-order valence-corrected chi connectivity index (χ3v) is 5.05. The molecule has 0 bridgehead atoms. The summed E-state index contributed by atoms with van der Waals surface area (Å²) >= 11 is 0. The Morgan fingerprint density at radius 3 is 2.82 bits per heavy atom. The lowest BCUT2D eigenvalue weighted by atomic mass is 9.98. The highest BCUT2D eigenvalue weighted by Crippen LogP contribution is 2.21. The third-order valence-electron chi connectivity index (χ3n) is 5.05. The van der Waals surface area contributed by atoms with Crippen LogP contribution in [0.5, 0.6) is 5.75 Å². The highest BCUT2D eigenvalue weighted by Gasteiger charge is 2.26. The van der Waals surface area contributed by atoms with E-state index < -0.39 is 0 Å². The molecule has 146 valence electrons. The Labute approximate surface area is 162 Å². The number of aromatic nitrogens is 3. The molecule has 28 heavy (non-hydrogen) atoms. The van der Waals surface area contributed by atoms with Gasteiger partial charge in [-0.15, -0.1) is 0 Å². The zero-order chi connectivity index (χ0) is 19.7. The largest absolute Gasteiger partial charge is 0.493 e. The van der Waals surface area contributed by atoms with Crippen LogP contribution in [0.15, 0.2) is 36.4 Å². The summed E-state index contributed by atoms with van der Waals surface area (Å²) in [7, 11) is 0. The van der Waals surface area contributed by atoms with Gasteiger partial charge in [0, 0.05) is 30.8 Å². The van der Waals surface area contributed by atoms with E-state index in [4.69, 9.17) is 4.74 Å². The van der Waals surface area contributed by atoms with E-state index in [9.17, 15) is 9.18 Å². The van der Waals surface area contributed by atoms with Gasteiger partial charge < -0.3 is 9.64 Å². The van der Waals surface area contributed by atoms with Gasteiger partial charge in [0.05, 0.1) is 12.3 Å². The second-order valence-corrected chi connectivity index (χ2v) is 7.36. The number of benzene rings is 1. The molecule has 0 spiro atoms. The molecule has 6 nitrogen and oxygen atoms in total. The number of carbonyl (C=O) groups excluding carboxylic acids is 1. The molecule has 0 radical (unpaired) electrons. The van der Waals surface area contributed by atoms with Gasteiger partial charge in [0.15, 0.2) is 5.65 Å². The summed E-state index contributed by atoms with van der Waals surface area (Å²) in [5, 5.41) is 4.39. The first kappa shape index (κ1) is 18.4. The smallest absolute Gasteiger partial charge is 0.272 e. The normalized spacial score (nSPS) is 17.1. The van der Waals surface area contributed by atoms with Gasteiger partial charge in [-0.3, -0.25) is 4.79 Å². The van der Waals surface area contributed by atoms with Crippen LogP contribution in [0.25, 0.3) is 5.65 Å². The zero-order valence-corrected chi connectivity index (χ0v) is 16.1. The summed E-state index contributed by atoms with van der Waals surface area (Å²) in [6.45, 7) is 5.68. The average molecular weight is 382 g/mol. The van der Waals surface area contributed by atoms with E-state index >= 15 is 0 Å². The number of hydrogen-bond acceptors (Lipinski definition) is 4. The summed E-state index contributed by atoms with van der Waals surface area (Å²) in [6.07, 6.45) is 1.93. The van der Waals surface area contributed by atoms with Crippen molar-refractivity contribution in [2.45, 2.75) is 26.7 Å². The lowest BCUT2D eigenvalue weighted by molar-refractivity contribution is 0.0627. The number of rotatable bonds is 4. The van der Waals surface area contributed by atoms with Gasteiger partial charge in [0.2, 0.25) is 0 Å². The second kappa shape index (κ2) is 7.58. The number of hydrogen-bond donors (Lipinski definition) is 0. The number of carbonyl (C=O) groups is 1. The monoisotopic (exact) mass is 382 g/mol. The molecule has 0 aliphatic carbocycles. The van der Waals surface area contributed by atoms with E-state index in [-0.39, 0.29) is 17.6 Å². The van der Waals surface area contributed by atoms with Crippen LogP contribution in [0.1, 0.15) is 34.7 Å². The van der Waals surface area contributed by atoms with Crippen LogP contribution in [0.2, 0.25) is 0 Å². The average Bonchev–Trinajstić information content (AvgIpc) is 3.08. The lowest BCUT2D eigenvalue weighted by Gasteiger charge is -2.32. The van der Waals surface area contributed by atoms with Gasteiger partial charge in [0.1, 0.15) is 17.3 Å². The van der Waals surface area contributed by atoms with Crippen molar-refractivity contribution in [1.29, 1.82) is 0 Å². The predicted octanol–water partition coefficient (Wildman–Crippen LogP) is 3.42.